The molecule has 0 aliphatic carbocycles. The number of aliphatic hydroxyl groups excluding tert-OH is 4. The van der Waals surface area contributed by atoms with Crippen LogP contribution < -0.4 is 31.4 Å². The Bertz CT molecular complexity index is 2480. The fourth-order valence-electron chi connectivity index (χ4n) is 7.89. The molecular weight excluding hydrogens is 830 g/mol. The first kappa shape index (κ1) is 45.3. The van der Waals surface area contributed by atoms with Crippen molar-refractivity contribution >= 4 is 45.1 Å². The number of methoxy groups -OCH3 is 2. The Morgan fingerprint density at radius 1 is 0.714 bits per heavy atom. The first-order chi connectivity index (χ1) is 29.7. The largest absolute Gasteiger partial charge is 0.462 e. The molecule has 338 valence electrons. The summed E-state index contributed by atoms with van der Waals surface area (Å²) in [5.74, 6) is -0.838. The third-order valence-electron chi connectivity index (χ3n) is 11.1. The number of nitrogens with zero attached hydrogens (tertiary/aromatic N) is 3. The number of fused-ring (bicyclic) bond motifs is 2. The highest BCUT2D eigenvalue weighted by atomic mass is 16.7. The van der Waals surface area contributed by atoms with Gasteiger partial charge in [0.05, 0.1) is 23.3 Å². The summed E-state index contributed by atoms with van der Waals surface area (Å²) in [6, 6.07) is 9.16. The summed E-state index contributed by atoms with van der Waals surface area (Å²) in [5, 5.41) is 56.3. The van der Waals surface area contributed by atoms with E-state index in [1.165, 1.54) is 32.5 Å². The molecular formula is C42H49N5O16. The lowest BCUT2D eigenvalue weighted by atomic mass is 9.89. The minimum Gasteiger partial charge on any atom is -0.462 e. The van der Waals surface area contributed by atoms with Gasteiger partial charge in [0, 0.05) is 42.3 Å². The molecule has 21 heteroatoms. The number of carbonyl (C=O) groups excluding carboxylic acids is 2. The van der Waals surface area contributed by atoms with Crippen LogP contribution >= 0.6 is 0 Å². The third kappa shape index (κ3) is 9.04. The first-order valence-corrected chi connectivity index (χ1v) is 19.8. The third-order valence-corrected chi connectivity index (χ3v) is 11.1. The predicted octanol–water partition coefficient (Wildman–Crippen LogP) is 1.43. The second-order valence-corrected chi connectivity index (χ2v) is 16.5. The minimum absolute atomic E-state index is 0.149. The van der Waals surface area contributed by atoms with Crippen LogP contribution in [0.25, 0.3) is 21.9 Å². The van der Waals surface area contributed by atoms with Crippen LogP contribution in [0, 0.1) is 13.8 Å². The molecule has 21 nitrogen and oxygen atoms in total. The number of ether oxygens (including phenoxy) is 6. The summed E-state index contributed by atoms with van der Waals surface area (Å²) in [7, 11) is 2.80. The zero-order valence-electron chi connectivity index (χ0n) is 35.6. The Kier molecular flexibility index (Phi) is 12.5. The quantitative estimate of drug-likeness (QED) is 0.0967. The van der Waals surface area contributed by atoms with Gasteiger partial charge in [0.25, 0.3) is 0 Å². The molecule has 0 unspecified atom stereocenters. The molecule has 7 rings (SSSR count). The second kappa shape index (κ2) is 17.4. The van der Waals surface area contributed by atoms with Gasteiger partial charge in [-0.2, -0.15) is 0 Å². The van der Waals surface area contributed by atoms with E-state index >= 15 is 0 Å². The van der Waals surface area contributed by atoms with Gasteiger partial charge < -0.3 is 68.3 Å². The van der Waals surface area contributed by atoms with E-state index in [-0.39, 0.29) is 52.7 Å². The lowest BCUT2D eigenvalue weighted by molar-refractivity contribution is -0.306. The normalized spacial score (nSPS) is 25.5. The van der Waals surface area contributed by atoms with Gasteiger partial charge in [0.15, 0.2) is 0 Å². The van der Waals surface area contributed by atoms with E-state index in [1.807, 2.05) is 0 Å². The molecule has 0 bridgehead atoms. The number of hydrogen-bond donors (Lipinski definition) is 6. The van der Waals surface area contributed by atoms with Gasteiger partial charge in [-0.05, 0) is 77.9 Å². The van der Waals surface area contributed by atoms with E-state index in [4.69, 9.17) is 37.3 Å². The zero-order chi connectivity index (χ0) is 45.7. The van der Waals surface area contributed by atoms with Gasteiger partial charge in [-0.3, -0.25) is 9.59 Å². The summed E-state index contributed by atoms with van der Waals surface area (Å²) < 4.78 is 46.5. The predicted molar refractivity (Wildman–Crippen MR) is 220 cm³/mol. The van der Waals surface area contributed by atoms with E-state index in [0.29, 0.717) is 21.9 Å². The van der Waals surface area contributed by atoms with Gasteiger partial charge in [-0.15, -0.1) is 5.10 Å². The lowest BCUT2D eigenvalue weighted by Crippen LogP contribution is -2.63. The van der Waals surface area contributed by atoms with Crippen molar-refractivity contribution in [3.63, 3.8) is 0 Å². The molecule has 2 saturated heterocycles. The van der Waals surface area contributed by atoms with Crippen LogP contribution in [-0.4, -0.2) is 122 Å². The minimum atomic E-state index is -1.44. The number of aryl methyl sites for hydroxylation is 2. The van der Waals surface area contributed by atoms with Crippen molar-refractivity contribution < 1.29 is 67.3 Å². The Hall–Kier alpha value is -5.78. The fraction of sp³-hybridized carbons (Fsp3) is 0.476. The molecule has 5 heterocycles. The van der Waals surface area contributed by atoms with Crippen LogP contribution in [0.4, 0.5) is 11.4 Å². The first-order valence-electron chi connectivity index (χ1n) is 19.8. The standard InChI is InChI=1S/C42H49N5O16/c1-18-25(58-39-31(52)29(50)35(56-7)41(3,4)62-39)11-9-20-13-23(37(54)60-33(18)20)43-27(48)15-22-16-47(46-45-22)17-28(49)44-24-14-21-10-12-26(19(2)34(21)61-38(24)55)59-40-32(53)30(51)36(57-8)42(5,6)63-40/h9-14,16,29-32,35-36,39-40,50-53H,15,17H2,1-8H3,(H,43,48)(H,44,49)/t29-,30-,31+,32+,35+,36+,39+,40+/m0/s1. The summed E-state index contributed by atoms with van der Waals surface area (Å²) in [5.41, 5.74) is -2.75. The summed E-state index contributed by atoms with van der Waals surface area (Å²) in [6.07, 6.45) is -8.61. The lowest BCUT2D eigenvalue weighted by Gasteiger charge is -2.46. The van der Waals surface area contributed by atoms with Gasteiger partial charge in [0.2, 0.25) is 24.4 Å². The van der Waals surface area contributed by atoms with Crippen molar-refractivity contribution in [1.82, 2.24) is 15.0 Å². The maximum Gasteiger partial charge on any atom is 0.360 e. The molecule has 0 spiro atoms. The average molecular weight is 880 g/mol. The molecule has 5 aromatic rings. The van der Waals surface area contributed by atoms with Gasteiger partial charge >= 0.3 is 11.3 Å². The molecule has 2 aliphatic rings. The second-order valence-electron chi connectivity index (χ2n) is 16.5. The molecule has 63 heavy (non-hydrogen) atoms. The van der Waals surface area contributed by atoms with E-state index in [0.717, 1.165) is 4.68 Å². The topological polar surface area (TPSA) is 286 Å². The van der Waals surface area contributed by atoms with Gasteiger partial charge in [-0.1, -0.05) is 5.21 Å². The van der Waals surface area contributed by atoms with Crippen LogP contribution in [0.5, 0.6) is 11.5 Å². The van der Waals surface area contributed by atoms with Crippen LogP contribution in [-0.2, 0) is 41.5 Å². The van der Waals surface area contributed by atoms with Gasteiger partial charge in [-0.25, -0.2) is 14.3 Å². The SMILES string of the molecule is CO[C@@H]1[C@@H](O)[C@@H](O)[C@H](Oc2ccc3cc(NC(=O)Cc4cn(CC(=O)Nc5cc6ccc(O[C@@H]7OC(C)(C)[C@H](OC)[C@@H](O)[C@H]7O)c(C)c6oc5=O)nn4)c(=O)oc3c2C)OC1(C)C. The molecule has 3 aromatic heterocycles. The summed E-state index contributed by atoms with van der Waals surface area (Å²) >= 11 is 0. The molecule has 0 radical (unpaired) electrons. The maximum atomic E-state index is 13.0. The van der Waals surface area contributed by atoms with Crippen molar-refractivity contribution in [3.8, 4) is 11.5 Å². The number of amides is 2. The molecule has 2 amide bonds. The molecule has 8 atom stereocenters. The number of aliphatic hydroxyl groups is 4. The maximum absolute atomic E-state index is 13.0. The Labute approximate surface area is 358 Å². The molecule has 2 aromatic carbocycles. The number of hydrogen-bond acceptors (Lipinski definition) is 18. The van der Waals surface area contributed by atoms with E-state index in [9.17, 15) is 39.6 Å². The smallest absolute Gasteiger partial charge is 0.360 e. The molecule has 0 saturated carbocycles. The van der Waals surface area contributed by atoms with Crippen molar-refractivity contribution in [2.24, 2.45) is 0 Å². The zero-order valence-corrected chi connectivity index (χ0v) is 35.6. The Morgan fingerprint density at radius 3 is 1.60 bits per heavy atom. The van der Waals surface area contributed by atoms with Crippen LogP contribution in [0.1, 0.15) is 44.5 Å². The number of rotatable bonds is 12. The summed E-state index contributed by atoms with van der Waals surface area (Å²) in [6.45, 7) is 9.65. The summed E-state index contributed by atoms with van der Waals surface area (Å²) in [4.78, 5) is 51.9. The van der Waals surface area contributed by atoms with Crippen molar-refractivity contribution in [3.05, 3.63) is 80.3 Å². The highest BCUT2D eigenvalue weighted by Gasteiger charge is 2.52. The van der Waals surface area contributed by atoms with Crippen LogP contribution in [0.2, 0.25) is 0 Å². The average Bonchev–Trinajstić information content (AvgIpc) is 3.64. The highest BCUT2D eigenvalue weighted by Crippen LogP contribution is 2.37. The van der Waals surface area contributed by atoms with Crippen LogP contribution in [0.15, 0.2) is 61.0 Å². The van der Waals surface area contributed by atoms with Crippen LogP contribution in [0.3, 0.4) is 0 Å². The van der Waals surface area contributed by atoms with Crippen molar-refractivity contribution in [1.29, 1.82) is 0 Å². The molecule has 2 fully saturated rings. The van der Waals surface area contributed by atoms with E-state index in [2.05, 4.69) is 20.9 Å². The monoisotopic (exact) mass is 879 g/mol. The number of anilines is 2. The Morgan fingerprint density at radius 2 is 1.16 bits per heavy atom. The Balaban J connectivity index is 0.956. The van der Waals surface area contributed by atoms with E-state index in [1.54, 1.807) is 65.8 Å². The molecule has 6 N–H and O–H groups in total. The van der Waals surface area contributed by atoms with Gasteiger partial charge in [0.1, 0.15) is 77.2 Å². The number of nitrogens with one attached hydrogen (secondary N) is 2. The van der Waals surface area contributed by atoms with Crippen molar-refractivity contribution in [2.45, 2.75) is 115 Å². The number of carbonyl (C=O) groups is 2. The van der Waals surface area contributed by atoms with Crippen molar-refractivity contribution in [2.75, 3.05) is 24.9 Å². The van der Waals surface area contributed by atoms with E-state index < -0.39 is 83.5 Å². The fourth-order valence-corrected chi connectivity index (χ4v) is 7.89. The number of aromatic nitrogens is 3. The molecule has 2 aliphatic heterocycles. The highest BCUT2D eigenvalue weighted by molar-refractivity contribution is 5.95. The number of benzene rings is 2.